The van der Waals surface area contributed by atoms with Gasteiger partial charge in [-0.15, -0.1) is 0 Å². The maximum atomic E-state index is 6.59. The predicted molar refractivity (Wildman–Crippen MR) is 79.0 cm³/mol. The van der Waals surface area contributed by atoms with E-state index in [0.717, 1.165) is 36.5 Å². The summed E-state index contributed by atoms with van der Waals surface area (Å²) in [5.74, 6) is 1.93. The largest absolute Gasteiger partial charge is 0.331 e. The van der Waals surface area contributed by atoms with Crippen LogP contribution in [0.15, 0.2) is 24.3 Å². The van der Waals surface area contributed by atoms with Gasteiger partial charge in [0.2, 0.25) is 0 Å². The van der Waals surface area contributed by atoms with Crippen LogP contribution in [0, 0.1) is 5.92 Å². The molecular weight excluding hydrogens is 234 g/mol. The Morgan fingerprint density at radius 2 is 2.21 bits per heavy atom. The molecule has 3 rings (SSSR count). The Hall–Kier alpha value is -1.35. The van der Waals surface area contributed by atoms with Crippen molar-refractivity contribution in [2.24, 2.45) is 18.7 Å². The summed E-state index contributed by atoms with van der Waals surface area (Å²) in [6.45, 7) is 2.27. The van der Waals surface area contributed by atoms with E-state index in [1.165, 1.54) is 18.4 Å². The smallest absolute Gasteiger partial charge is 0.111 e. The molecule has 2 atom stereocenters. The highest BCUT2D eigenvalue weighted by atomic mass is 15.1. The van der Waals surface area contributed by atoms with Crippen LogP contribution in [0.4, 0.5) is 0 Å². The molecular formula is C16H23N3. The zero-order valence-electron chi connectivity index (χ0n) is 11.9. The third-order valence-electron chi connectivity index (χ3n) is 4.71. The van der Waals surface area contributed by atoms with Crippen LogP contribution < -0.4 is 5.73 Å². The van der Waals surface area contributed by atoms with Crippen LogP contribution in [0.2, 0.25) is 0 Å². The minimum absolute atomic E-state index is 0.0458. The summed E-state index contributed by atoms with van der Waals surface area (Å²) < 4.78 is 2.20. The lowest BCUT2D eigenvalue weighted by Crippen LogP contribution is -2.40. The van der Waals surface area contributed by atoms with Gasteiger partial charge in [-0.25, -0.2) is 4.98 Å². The Balaban J connectivity index is 1.87. The van der Waals surface area contributed by atoms with E-state index < -0.39 is 0 Å². The maximum Gasteiger partial charge on any atom is 0.111 e. The molecule has 2 unspecified atom stereocenters. The Morgan fingerprint density at radius 3 is 2.89 bits per heavy atom. The van der Waals surface area contributed by atoms with Crippen molar-refractivity contribution in [2.75, 3.05) is 0 Å². The second-order valence-corrected chi connectivity index (χ2v) is 6.13. The molecule has 1 fully saturated rings. The monoisotopic (exact) mass is 257 g/mol. The maximum absolute atomic E-state index is 6.59. The number of para-hydroxylation sites is 2. The zero-order chi connectivity index (χ0) is 13.5. The molecule has 1 aliphatic carbocycles. The molecule has 3 heteroatoms. The zero-order valence-corrected chi connectivity index (χ0v) is 11.9. The van der Waals surface area contributed by atoms with Gasteiger partial charge in [0, 0.05) is 19.0 Å². The van der Waals surface area contributed by atoms with E-state index in [1.807, 2.05) is 6.07 Å². The van der Waals surface area contributed by atoms with Gasteiger partial charge in [0.1, 0.15) is 5.82 Å². The minimum Gasteiger partial charge on any atom is -0.331 e. The van der Waals surface area contributed by atoms with Crippen LogP contribution in [0.3, 0.4) is 0 Å². The molecule has 1 saturated carbocycles. The van der Waals surface area contributed by atoms with Crippen molar-refractivity contribution in [1.82, 2.24) is 9.55 Å². The fraction of sp³-hybridized carbons (Fsp3) is 0.562. The highest BCUT2D eigenvalue weighted by Gasteiger charge is 2.36. The second-order valence-electron chi connectivity index (χ2n) is 6.13. The molecule has 3 nitrogen and oxygen atoms in total. The first kappa shape index (κ1) is 12.7. The summed E-state index contributed by atoms with van der Waals surface area (Å²) in [5, 5.41) is 0. The lowest BCUT2D eigenvalue weighted by molar-refractivity contribution is 0.396. The lowest BCUT2D eigenvalue weighted by atomic mass is 9.92. The number of hydrogen-bond acceptors (Lipinski definition) is 2. The van der Waals surface area contributed by atoms with Crippen molar-refractivity contribution >= 4 is 11.0 Å². The number of imidazole rings is 1. The van der Waals surface area contributed by atoms with Crippen molar-refractivity contribution in [2.45, 2.75) is 44.6 Å². The number of fused-ring (bicyclic) bond motifs is 1. The molecule has 0 aliphatic heterocycles. The average Bonchev–Trinajstić information content (AvgIpc) is 2.93. The van der Waals surface area contributed by atoms with Gasteiger partial charge in [-0.2, -0.15) is 0 Å². The van der Waals surface area contributed by atoms with Gasteiger partial charge < -0.3 is 10.3 Å². The fourth-order valence-corrected chi connectivity index (χ4v) is 3.45. The first-order valence-electron chi connectivity index (χ1n) is 7.30. The van der Waals surface area contributed by atoms with Crippen molar-refractivity contribution in [3.8, 4) is 0 Å². The van der Waals surface area contributed by atoms with Crippen LogP contribution >= 0.6 is 0 Å². The van der Waals surface area contributed by atoms with Gasteiger partial charge in [0.25, 0.3) is 0 Å². The Kier molecular flexibility index (Phi) is 3.09. The minimum atomic E-state index is -0.0458. The quantitative estimate of drug-likeness (QED) is 0.918. The van der Waals surface area contributed by atoms with Gasteiger partial charge in [-0.3, -0.25) is 0 Å². The van der Waals surface area contributed by atoms with Crippen LogP contribution in [0.25, 0.3) is 11.0 Å². The first-order chi connectivity index (χ1) is 9.11. The molecule has 19 heavy (non-hydrogen) atoms. The second kappa shape index (κ2) is 4.64. The Labute approximate surface area is 114 Å². The molecule has 102 valence electrons. The number of hydrogen-bond donors (Lipinski definition) is 1. The molecule has 1 aliphatic rings. The number of nitrogens with zero attached hydrogens (tertiary/aromatic N) is 2. The summed E-state index contributed by atoms with van der Waals surface area (Å²) in [6.07, 6.45) is 5.70. The standard InChI is InChI=1S/C16H23N3/c1-3-12-8-9-16(17,10-12)11-15-18-13-6-4-5-7-14(13)19(15)2/h4-7,12H,3,8-11,17H2,1-2H3. The van der Waals surface area contributed by atoms with E-state index in [9.17, 15) is 0 Å². The van der Waals surface area contributed by atoms with Gasteiger partial charge in [0.05, 0.1) is 11.0 Å². The third-order valence-corrected chi connectivity index (χ3v) is 4.71. The number of rotatable bonds is 3. The molecule has 0 spiro atoms. The van der Waals surface area contributed by atoms with Crippen LogP contribution in [0.1, 0.15) is 38.4 Å². The van der Waals surface area contributed by atoms with Gasteiger partial charge in [0.15, 0.2) is 0 Å². The molecule has 0 bridgehead atoms. The average molecular weight is 257 g/mol. The summed E-state index contributed by atoms with van der Waals surface area (Å²) in [6, 6.07) is 8.30. The molecule has 1 aromatic heterocycles. The van der Waals surface area contributed by atoms with Gasteiger partial charge >= 0.3 is 0 Å². The number of aromatic nitrogens is 2. The first-order valence-corrected chi connectivity index (χ1v) is 7.30. The normalized spacial score (nSPS) is 27.2. The summed E-state index contributed by atoms with van der Waals surface area (Å²) >= 11 is 0. The van der Waals surface area contributed by atoms with E-state index in [-0.39, 0.29) is 5.54 Å². The molecule has 1 heterocycles. The van der Waals surface area contributed by atoms with Gasteiger partial charge in [-0.1, -0.05) is 25.5 Å². The molecule has 1 aromatic carbocycles. The highest BCUT2D eigenvalue weighted by Crippen LogP contribution is 2.36. The number of benzene rings is 1. The number of nitrogens with two attached hydrogens (primary N) is 1. The Bertz CT molecular complexity index is 587. The number of aryl methyl sites for hydroxylation is 1. The summed E-state index contributed by atoms with van der Waals surface area (Å²) in [5.41, 5.74) is 8.83. The van der Waals surface area contributed by atoms with Crippen LogP contribution in [-0.2, 0) is 13.5 Å². The van der Waals surface area contributed by atoms with Crippen molar-refractivity contribution in [3.63, 3.8) is 0 Å². The molecule has 0 amide bonds. The fourth-order valence-electron chi connectivity index (χ4n) is 3.45. The lowest BCUT2D eigenvalue weighted by Gasteiger charge is -2.23. The Morgan fingerprint density at radius 1 is 1.42 bits per heavy atom. The third kappa shape index (κ3) is 2.27. The van der Waals surface area contributed by atoms with E-state index in [4.69, 9.17) is 10.7 Å². The topological polar surface area (TPSA) is 43.8 Å². The van der Waals surface area contributed by atoms with E-state index >= 15 is 0 Å². The summed E-state index contributed by atoms with van der Waals surface area (Å²) in [4.78, 5) is 4.75. The van der Waals surface area contributed by atoms with Crippen LogP contribution in [-0.4, -0.2) is 15.1 Å². The van der Waals surface area contributed by atoms with Crippen molar-refractivity contribution in [3.05, 3.63) is 30.1 Å². The molecule has 2 aromatic rings. The van der Waals surface area contributed by atoms with Crippen molar-refractivity contribution < 1.29 is 0 Å². The van der Waals surface area contributed by atoms with E-state index in [2.05, 4.69) is 36.7 Å². The molecule has 2 N–H and O–H groups in total. The van der Waals surface area contributed by atoms with Crippen molar-refractivity contribution in [1.29, 1.82) is 0 Å². The highest BCUT2D eigenvalue weighted by molar-refractivity contribution is 5.75. The predicted octanol–water partition coefficient (Wildman–Crippen LogP) is 3.02. The van der Waals surface area contributed by atoms with Crippen LogP contribution in [0.5, 0.6) is 0 Å². The van der Waals surface area contributed by atoms with Gasteiger partial charge in [-0.05, 0) is 37.3 Å². The SMILES string of the molecule is CCC1CCC(N)(Cc2nc3ccccc3n2C)C1. The molecule has 0 radical (unpaired) electrons. The summed E-state index contributed by atoms with van der Waals surface area (Å²) in [7, 11) is 2.10. The van der Waals surface area contributed by atoms with E-state index in [1.54, 1.807) is 0 Å². The van der Waals surface area contributed by atoms with E-state index in [0.29, 0.717) is 0 Å². The molecule has 0 saturated heterocycles.